The van der Waals surface area contributed by atoms with Crippen molar-refractivity contribution in [2.75, 3.05) is 26.6 Å². The van der Waals surface area contributed by atoms with Crippen molar-refractivity contribution in [3.8, 4) is 11.5 Å². The summed E-state index contributed by atoms with van der Waals surface area (Å²) in [7, 11) is 4.73. The molecular weight excluding hydrogens is 516 g/mol. The minimum Gasteiger partial charge on any atom is -0.508 e. The lowest BCUT2D eigenvalue weighted by Gasteiger charge is -2.33. The Morgan fingerprint density at radius 2 is 1.68 bits per heavy atom. The third-order valence-electron chi connectivity index (χ3n) is 7.33. The molecule has 1 aliphatic rings. The van der Waals surface area contributed by atoms with Crippen LogP contribution in [0.3, 0.4) is 0 Å². The van der Waals surface area contributed by atoms with Crippen LogP contribution in [0.4, 0.5) is 10.5 Å². The van der Waals surface area contributed by atoms with Crippen LogP contribution in [0.5, 0.6) is 11.5 Å². The zero-order valence-electron chi connectivity index (χ0n) is 24.6. The molecule has 0 aliphatic carbocycles. The first-order valence-corrected chi connectivity index (χ1v) is 13.3. The fourth-order valence-corrected chi connectivity index (χ4v) is 5.30. The van der Waals surface area contributed by atoms with Gasteiger partial charge in [0.2, 0.25) is 0 Å². The molecule has 0 saturated carbocycles. The Kier molecular flexibility index (Phi) is 12.2. The average molecular weight is 561 g/mol. The van der Waals surface area contributed by atoms with Gasteiger partial charge in [-0.25, -0.2) is 4.79 Å². The van der Waals surface area contributed by atoms with Crippen LogP contribution < -0.4 is 11.1 Å². The maximum Gasteiger partial charge on any atom is 0.405 e. The summed E-state index contributed by atoms with van der Waals surface area (Å²) in [6.45, 7) is 9.30. The van der Waals surface area contributed by atoms with E-state index in [0.717, 1.165) is 5.57 Å². The summed E-state index contributed by atoms with van der Waals surface area (Å²) in [5.74, 6) is -1.43. The van der Waals surface area contributed by atoms with Crippen LogP contribution in [0, 0.1) is 17.8 Å². The number of ether oxygens (including phenoxy) is 4. The molecule has 1 aromatic carbocycles. The van der Waals surface area contributed by atoms with Crippen LogP contribution in [0.25, 0.3) is 0 Å². The molecule has 7 unspecified atom stereocenters. The molecule has 2 rings (SSSR count). The van der Waals surface area contributed by atoms with Crippen molar-refractivity contribution >= 4 is 17.7 Å². The number of primary amides is 1. The maximum absolute atomic E-state index is 12.9. The van der Waals surface area contributed by atoms with E-state index in [1.54, 1.807) is 39.4 Å². The van der Waals surface area contributed by atoms with Crippen molar-refractivity contribution in [2.45, 2.75) is 65.5 Å². The number of nitrogens with one attached hydrogen (secondary N) is 1. The zero-order valence-corrected chi connectivity index (χ0v) is 24.6. The molecule has 7 atom stereocenters. The van der Waals surface area contributed by atoms with Gasteiger partial charge >= 0.3 is 6.09 Å². The number of phenolic OH excluding ortho intramolecular Hbond substituents is 2. The van der Waals surface area contributed by atoms with Crippen molar-refractivity contribution < 1.29 is 38.7 Å². The van der Waals surface area contributed by atoms with Crippen molar-refractivity contribution in [3.05, 3.63) is 53.1 Å². The van der Waals surface area contributed by atoms with Crippen LogP contribution in [0.1, 0.15) is 52.7 Å². The highest BCUT2D eigenvalue weighted by Crippen LogP contribution is 2.42. The average Bonchev–Trinajstić information content (AvgIpc) is 2.88. The quantitative estimate of drug-likeness (QED) is 0.229. The molecule has 1 aliphatic heterocycles. The number of allylic oxidation sites excluding steroid dienone is 2. The van der Waals surface area contributed by atoms with Crippen LogP contribution in [-0.2, 0) is 23.7 Å². The van der Waals surface area contributed by atoms with E-state index >= 15 is 0 Å². The summed E-state index contributed by atoms with van der Waals surface area (Å²) in [6.07, 6.45) is 4.64. The second-order valence-corrected chi connectivity index (χ2v) is 10.5. The maximum atomic E-state index is 12.9. The predicted octanol–water partition coefficient (Wildman–Crippen LogP) is 4.98. The summed E-state index contributed by atoms with van der Waals surface area (Å²) < 4.78 is 23.0. The Morgan fingerprint density at radius 1 is 1.00 bits per heavy atom. The van der Waals surface area contributed by atoms with Gasteiger partial charge in [-0.1, -0.05) is 45.1 Å². The summed E-state index contributed by atoms with van der Waals surface area (Å²) in [5, 5.41) is 24.2. The zero-order chi connectivity index (χ0) is 30.1. The molecule has 0 spiro atoms. The Morgan fingerprint density at radius 3 is 2.25 bits per heavy atom. The van der Waals surface area contributed by atoms with Gasteiger partial charge in [0.1, 0.15) is 17.6 Å². The van der Waals surface area contributed by atoms with E-state index in [1.165, 1.54) is 19.2 Å². The number of benzene rings is 1. The van der Waals surface area contributed by atoms with Crippen molar-refractivity contribution in [1.82, 2.24) is 0 Å². The standard InChI is InChI=1S/C30H44N2O8/c1-16-10-9-11-17(2)29(35)32-23-15-21(33)14-22(25(23)34)27(38-7)20(5)13-24(37-6)28(39-8)19(4)12-18(3)26(16)40-30(31)36/h9-12,14-16,19-20,24,26-28,33-34H,13H2,1-8H3,(H2,31,36)(H,32,35)/b10-9-,17-11-,18-12-. The van der Waals surface area contributed by atoms with Gasteiger partial charge in [-0.3, -0.25) is 4.79 Å². The topological polar surface area (TPSA) is 150 Å². The smallest absolute Gasteiger partial charge is 0.405 e. The van der Waals surface area contributed by atoms with Gasteiger partial charge in [-0.15, -0.1) is 0 Å². The van der Waals surface area contributed by atoms with E-state index in [4.69, 9.17) is 24.7 Å². The fourth-order valence-electron chi connectivity index (χ4n) is 5.30. The van der Waals surface area contributed by atoms with Gasteiger partial charge < -0.3 is 40.2 Å². The third-order valence-corrected chi connectivity index (χ3v) is 7.33. The summed E-state index contributed by atoms with van der Waals surface area (Å²) >= 11 is 0. The minimum absolute atomic E-state index is 0.0543. The highest BCUT2D eigenvalue weighted by molar-refractivity contribution is 6.04. The molecule has 10 heteroatoms. The van der Waals surface area contributed by atoms with Crippen LogP contribution in [-0.4, -0.2) is 61.9 Å². The largest absolute Gasteiger partial charge is 0.508 e. The third kappa shape index (κ3) is 8.33. The molecular formula is C30H44N2O8. The number of fused-ring (bicyclic) bond motifs is 2. The van der Waals surface area contributed by atoms with Crippen molar-refractivity contribution in [1.29, 1.82) is 0 Å². The highest BCUT2D eigenvalue weighted by atomic mass is 16.6. The molecule has 2 amide bonds. The first-order valence-electron chi connectivity index (χ1n) is 13.3. The first kappa shape index (κ1) is 32.9. The molecule has 5 N–H and O–H groups in total. The van der Waals surface area contributed by atoms with Crippen molar-refractivity contribution in [2.24, 2.45) is 23.5 Å². The Labute approximate surface area is 236 Å². The number of nitrogens with two attached hydrogens (primary N) is 1. The normalized spacial score (nSPS) is 32.2. The number of methoxy groups -OCH3 is 3. The molecule has 1 heterocycles. The number of carbonyl (C=O) groups excluding carboxylic acids is 2. The molecule has 0 aromatic heterocycles. The lowest BCUT2D eigenvalue weighted by Crippen LogP contribution is -2.37. The first-order chi connectivity index (χ1) is 18.8. The summed E-state index contributed by atoms with van der Waals surface area (Å²) in [5.41, 5.74) is 6.91. The van der Waals surface area contributed by atoms with Gasteiger partial charge in [-0.05, 0) is 37.8 Å². The number of amides is 2. The summed E-state index contributed by atoms with van der Waals surface area (Å²) in [4.78, 5) is 24.6. The van der Waals surface area contributed by atoms with Gasteiger partial charge in [0.25, 0.3) is 5.91 Å². The number of aromatic hydroxyl groups is 2. The number of hydrogen-bond donors (Lipinski definition) is 4. The second kappa shape index (κ2) is 14.9. The second-order valence-electron chi connectivity index (χ2n) is 10.5. The van der Waals surface area contributed by atoms with Crippen LogP contribution in [0.15, 0.2) is 47.6 Å². The lowest BCUT2D eigenvalue weighted by molar-refractivity contribution is -0.112. The molecule has 222 valence electrons. The summed E-state index contributed by atoms with van der Waals surface area (Å²) in [6, 6.07) is 2.71. The molecule has 40 heavy (non-hydrogen) atoms. The Hall–Kier alpha value is -3.34. The fraction of sp³-hybridized carbons (Fsp3) is 0.533. The number of rotatable bonds is 4. The lowest BCUT2D eigenvalue weighted by atomic mass is 9.86. The van der Waals surface area contributed by atoms with E-state index in [-0.39, 0.29) is 47.1 Å². The number of phenols is 2. The van der Waals surface area contributed by atoms with Gasteiger partial charge in [0, 0.05) is 50.4 Å². The Balaban J connectivity index is 2.67. The predicted molar refractivity (Wildman–Crippen MR) is 153 cm³/mol. The van der Waals surface area contributed by atoms with E-state index < -0.39 is 24.2 Å². The molecule has 0 radical (unpaired) electrons. The van der Waals surface area contributed by atoms with E-state index in [1.807, 2.05) is 33.8 Å². The number of carbonyl (C=O) groups is 2. The number of anilines is 1. The minimum atomic E-state index is -0.891. The monoisotopic (exact) mass is 560 g/mol. The van der Waals surface area contributed by atoms with Crippen molar-refractivity contribution in [3.63, 3.8) is 0 Å². The number of hydrogen-bond acceptors (Lipinski definition) is 8. The van der Waals surface area contributed by atoms with Crippen LogP contribution in [0.2, 0.25) is 0 Å². The molecule has 1 aromatic rings. The Bertz CT molecular complexity index is 1130. The van der Waals surface area contributed by atoms with E-state index in [0.29, 0.717) is 17.6 Å². The van der Waals surface area contributed by atoms with E-state index in [2.05, 4.69) is 5.32 Å². The molecule has 0 saturated heterocycles. The van der Waals surface area contributed by atoms with Gasteiger partial charge in [0.15, 0.2) is 0 Å². The van der Waals surface area contributed by atoms with E-state index in [9.17, 15) is 19.8 Å². The van der Waals surface area contributed by atoms with Gasteiger partial charge in [0.05, 0.1) is 24.0 Å². The van der Waals surface area contributed by atoms with Crippen LogP contribution >= 0.6 is 0 Å². The molecule has 2 bridgehead atoms. The van der Waals surface area contributed by atoms with Gasteiger partial charge in [-0.2, -0.15) is 0 Å². The SMILES string of the molecule is COC1CC(C)C(OC)c2cc(O)cc(c2O)NC(=O)/C(C)=C\C=C/C(C)C(OC(N)=O)/C(C)=C\C(C)C1OC. The molecule has 10 nitrogen and oxygen atoms in total. The molecule has 0 fully saturated rings. The highest BCUT2D eigenvalue weighted by Gasteiger charge is 2.33.